The van der Waals surface area contributed by atoms with Crippen LogP contribution in [0.1, 0.15) is 17.3 Å². The number of benzene rings is 2. The highest BCUT2D eigenvalue weighted by molar-refractivity contribution is 5.97. The largest absolute Gasteiger partial charge is 0.449 e. The molecule has 1 N–H and O–H groups in total. The van der Waals surface area contributed by atoms with E-state index in [1.165, 1.54) is 0 Å². The van der Waals surface area contributed by atoms with Gasteiger partial charge in [0, 0.05) is 5.69 Å². The Labute approximate surface area is 117 Å². The fourth-order valence-corrected chi connectivity index (χ4v) is 1.62. The van der Waals surface area contributed by atoms with Crippen LogP contribution in [-0.4, -0.2) is 18.0 Å². The second kappa shape index (κ2) is 6.52. The van der Waals surface area contributed by atoms with Crippen LogP contribution < -0.4 is 5.32 Å². The number of rotatable bonds is 4. The molecule has 4 nitrogen and oxygen atoms in total. The van der Waals surface area contributed by atoms with Gasteiger partial charge in [-0.25, -0.2) is 4.79 Å². The highest BCUT2D eigenvalue weighted by Gasteiger charge is 2.18. The van der Waals surface area contributed by atoms with Gasteiger partial charge in [-0.1, -0.05) is 36.4 Å². The van der Waals surface area contributed by atoms with Gasteiger partial charge in [-0.2, -0.15) is 0 Å². The van der Waals surface area contributed by atoms with Crippen molar-refractivity contribution in [1.82, 2.24) is 0 Å². The van der Waals surface area contributed by atoms with E-state index in [4.69, 9.17) is 4.74 Å². The van der Waals surface area contributed by atoms with E-state index in [1.54, 1.807) is 43.3 Å². The van der Waals surface area contributed by atoms with Crippen molar-refractivity contribution in [3.05, 3.63) is 66.2 Å². The van der Waals surface area contributed by atoms with E-state index in [2.05, 4.69) is 5.32 Å². The molecule has 4 heteroatoms. The first-order chi connectivity index (χ1) is 9.66. The summed E-state index contributed by atoms with van der Waals surface area (Å²) in [4.78, 5) is 23.7. The van der Waals surface area contributed by atoms with Crippen molar-refractivity contribution in [2.75, 3.05) is 5.32 Å². The number of anilines is 1. The maximum Gasteiger partial charge on any atom is 0.338 e. The molecular weight excluding hydrogens is 254 g/mol. The standard InChI is InChI=1S/C16H15NO3/c1-12(15(18)17-14-10-6-3-7-11-14)20-16(19)13-8-4-2-5-9-13/h2-12H,1H3,(H,17,18)/t12-/m0/s1. The van der Waals surface area contributed by atoms with Crippen LogP contribution in [0.4, 0.5) is 5.69 Å². The first-order valence-corrected chi connectivity index (χ1v) is 6.29. The highest BCUT2D eigenvalue weighted by Crippen LogP contribution is 2.08. The minimum atomic E-state index is -0.858. The van der Waals surface area contributed by atoms with Gasteiger partial charge in [0.15, 0.2) is 6.10 Å². The molecule has 1 amide bonds. The maximum absolute atomic E-state index is 11.9. The van der Waals surface area contributed by atoms with Gasteiger partial charge in [0.05, 0.1) is 5.56 Å². The summed E-state index contributed by atoms with van der Waals surface area (Å²) in [7, 11) is 0. The van der Waals surface area contributed by atoms with Gasteiger partial charge in [0.25, 0.3) is 5.91 Å². The molecule has 102 valence electrons. The molecule has 20 heavy (non-hydrogen) atoms. The predicted octanol–water partition coefficient (Wildman–Crippen LogP) is 2.87. The van der Waals surface area contributed by atoms with Crippen LogP contribution in [0.25, 0.3) is 0 Å². The minimum Gasteiger partial charge on any atom is -0.449 e. The van der Waals surface area contributed by atoms with Crippen LogP contribution in [0.2, 0.25) is 0 Å². The first-order valence-electron chi connectivity index (χ1n) is 6.29. The number of nitrogens with one attached hydrogen (secondary N) is 1. The van der Waals surface area contributed by atoms with Crippen LogP contribution in [-0.2, 0) is 9.53 Å². The van der Waals surface area contributed by atoms with E-state index in [0.29, 0.717) is 11.3 Å². The van der Waals surface area contributed by atoms with Crippen LogP contribution in [0, 0.1) is 0 Å². The Kier molecular flexibility index (Phi) is 4.50. The fourth-order valence-electron chi connectivity index (χ4n) is 1.62. The number of hydrogen-bond acceptors (Lipinski definition) is 3. The molecular formula is C16H15NO3. The number of carbonyl (C=O) groups is 2. The summed E-state index contributed by atoms with van der Waals surface area (Å²) in [5.41, 5.74) is 1.09. The van der Waals surface area contributed by atoms with Crippen molar-refractivity contribution >= 4 is 17.6 Å². The lowest BCUT2D eigenvalue weighted by atomic mass is 10.2. The topological polar surface area (TPSA) is 55.4 Å². The normalized spacial score (nSPS) is 11.4. The Bertz CT molecular complexity index is 581. The summed E-state index contributed by atoms with van der Waals surface area (Å²) >= 11 is 0. The number of esters is 1. The monoisotopic (exact) mass is 269 g/mol. The van der Waals surface area contributed by atoms with E-state index in [1.807, 2.05) is 24.3 Å². The van der Waals surface area contributed by atoms with Crippen molar-refractivity contribution in [3.8, 4) is 0 Å². The Morgan fingerprint density at radius 2 is 1.50 bits per heavy atom. The first kappa shape index (κ1) is 13.8. The van der Waals surface area contributed by atoms with Crippen molar-refractivity contribution in [1.29, 1.82) is 0 Å². The number of hydrogen-bond donors (Lipinski definition) is 1. The van der Waals surface area contributed by atoms with Crippen LogP contribution in [0.15, 0.2) is 60.7 Å². The van der Waals surface area contributed by atoms with Gasteiger partial charge < -0.3 is 10.1 Å². The van der Waals surface area contributed by atoms with E-state index in [-0.39, 0.29) is 5.91 Å². The zero-order valence-corrected chi connectivity index (χ0v) is 11.1. The van der Waals surface area contributed by atoms with Crippen LogP contribution in [0.3, 0.4) is 0 Å². The Morgan fingerprint density at radius 3 is 2.10 bits per heavy atom. The molecule has 0 radical (unpaired) electrons. The van der Waals surface area contributed by atoms with E-state index in [9.17, 15) is 9.59 Å². The SMILES string of the molecule is C[C@H](OC(=O)c1ccccc1)C(=O)Nc1ccccc1. The maximum atomic E-state index is 11.9. The van der Waals surface area contributed by atoms with Gasteiger partial charge in [0.2, 0.25) is 0 Å². The fraction of sp³-hybridized carbons (Fsp3) is 0.125. The summed E-state index contributed by atoms with van der Waals surface area (Å²) in [6.45, 7) is 1.54. The molecule has 0 aliphatic rings. The molecule has 1 atom stereocenters. The van der Waals surface area contributed by atoms with Gasteiger partial charge in [-0.05, 0) is 31.2 Å². The molecule has 2 aromatic carbocycles. The Hall–Kier alpha value is -2.62. The van der Waals surface area contributed by atoms with Gasteiger partial charge >= 0.3 is 5.97 Å². The quantitative estimate of drug-likeness (QED) is 0.868. The summed E-state index contributed by atoms with van der Waals surface area (Å²) in [5.74, 6) is -0.873. The van der Waals surface area contributed by atoms with E-state index in [0.717, 1.165) is 0 Å². The Balaban J connectivity index is 1.93. The zero-order chi connectivity index (χ0) is 14.4. The molecule has 0 fully saturated rings. The van der Waals surface area contributed by atoms with Gasteiger partial charge in [-0.3, -0.25) is 4.79 Å². The lowest BCUT2D eigenvalue weighted by molar-refractivity contribution is -0.123. The van der Waals surface area contributed by atoms with Crippen molar-refractivity contribution in [2.45, 2.75) is 13.0 Å². The third kappa shape index (κ3) is 3.68. The van der Waals surface area contributed by atoms with E-state index < -0.39 is 12.1 Å². The lowest BCUT2D eigenvalue weighted by Gasteiger charge is -2.13. The summed E-state index contributed by atoms with van der Waals surface area (Å²) in [6, 6.07) is 17.6. The van der Waals surface area contributed by atoms with Crippen molar-refractivity contribution in [3.63, 3.8) is 0 Å². The lowest BCUT2D eigenvalue weighted by Crippen LogP contribution is -2.29. The molecule has 0 unspecified atom stereocenters. The molecule has 2 aromatic rings. The van der Waals surface area contributed by atoms with Crippen LogP contribution in [0.5, 0.6) is 0 Å². The average molecular weight is 269 g/mol. The molecule has 0 bridgehead atoms. The molecule has 0 aliphatic carbocycles. The van der Waals surface area contributed by atoms with Crippen LogP contribution >= 0.6 is 0 Å². The third-order valence-electron chi connectivity index (χ3n) is 2.70. The number of amides is 1. The second-order valence-corrected chi connectivity index (χ2v) is 4.27. The second-order valence-electron chi connectivity index (χ2n) is 4.27. The number of ether oxygens (including phenoxy) is 1. The van der Waals surface area contributed by atoms with E-state index >= 15 is 0 Å². The number of carbonyl (C=O) groups excluding carboxylic acids is 2. The van der Waals surface area contributed by atoms with Crippen molar-refractivity contribution < 1.29 is 14.3 Å². The smallest absolute Gasteiger partial charge is 0.338 e. The Morgan fingerprint density at radius 1 is 0.950 bits per heavy atom. The average Bonchev–Trinajstić information content (AvgIpc) is 2.49. The molecule has 0 aromatic heterocycles. The molecule has 2 rings (SSSR count). The summed E-state index contributed by atoms with van der Waals surface area (Å²) in [5, 5.41) is 2.68. The molecule has 0 spiro atoms. The van der Waals surface area contributed by atoms with Crippen molar-refractivity contribution in [2.24, 2.45) is 0 Å². The zero-order valence-electron chi connectivity index (χ0n) is 11.1. The minimum absolute atomic E-state index is 0.361. The summed E-state index contributed by atoms with van der Waals surface area (Å²) in [6.07, 6.45) is -0.858. The highest BCUT2D eigenvalue weighted by atomic mass is 16.5. The van der Waals surface area contributed by atoms with Gasteiger partial charge in [-0.15, -0.1) is 0 Å². The van der Waals surface area contributed by atoms with Gasteiger partial charge in [0.1, 0.15) is 0 Å². The molecule has 0 aliphatic heterocycles. The molecule has 0 heterocycles. The predicted molar refractivity (Wildman–Crippen MR) is 76.4 cm³/mol. The summed E-state index contributed by atoms with van der Waals surface area (Å²) < 4.78 is 5.12. The number of para-hydroxylation sites is 1. The molecule has 0 saturated carbocycles. The third-order valence-corrected chi connectivity index (χ3v) is 2.70. The molecule has 0 saturated heterocycles.